The first-order valence-corrected chi connectivity index (χ1v) is 6.21. The van der Waals surface area contributed by atoms with Crippen molar-refractivity contribution < 1.29 is 9.13 Å². The van der Waals surface area contributed by atoms with Gasteiger partial charge in [0.05, 0.1) is 0 Å². The molecule has 0 bridgehead atoms. The van der Waals surface area contributed by atoms with E-state index in [1.165, 1.54) is 18.2 Å². The van der Waals surface area contributed by atoms with Crippen LogP contribution < -0.4 is 4.74 Å². The van der Waals surface area contributed by atoms with Gasteiger partial charge in [0.15, 0.2) is 0 Å². The van der Waals surface area contributed by atoms with Crippen LogP contribution in [0.2, 0.25) is 0 Å². The van der Waals surface area contributed by atoms with Gasteiger partial charge in [-0.1, -0.05) is 24.3 Å². The van der Waals surface area contributed by atoms with Gasteiger partial charge in [0, 0.05) is 0 Å². The van der Waals surface area contributed by atoms with Crippen LogP contribution >= 0.6 is 0 Å². The molecule has 0 N–H and O–H groups in total. The number of rotatable bonds is 4. The van der Waals surface area contributed by atoms with E-state index in [-0.39, 0.29) is 18.0 Å². The van der Waals surface area contributed by atoms with Gasteiger partial charge < -0.3 is 4.74 Å². The largest absolute Gasteiger partial charge is 0.489 e. The normalized spacial score (nSPS) is 9.29. The maximum Gasteiger partial charge on any atom is 0.130 e. The molecule has 0 unspecified atom stereocenters. The van der Waals surface area contributed by atoms with Crippen molar-refractivity contribution in [2.75, 3.05) is 0 Å². The van der Waals surface area contributed by atoms with Gasteiger partial charge in [0.1, 0.15) is 35.9 Å². The van der Waals surface area contributed by atoms with Crippen molar-refractivity contribution in [3.63, 3.8) is 0 Å². The van der Waals surface area contributed by atoms with E-state index < -0.39 is 0 Å². The van der Waals surface area contributed by atoms with Gasteiger partial charge in [-0.2, -0.15) is 10.5 Å². The number of hydrogen-bond donors (Lipinski definition) is 0. The molecule has 0 atom stereocenters. The molecule has 0 radical (unpaired) electrons. The Labute approximate surface area is 122 Å². The molecule has 0 heterocycles. The van der Waals surface area contributed by atoms with Crippen LogP contribution in [0.25, 0.3) is 6.08 Å². The first-order valence-electron chi connectivity index (χ1n) is 6.21. The van der Waals surface area contributed by atoms with Crippen molar-refractivity contribution in [1.29, 1.82) is 10.5 Å². The first kappa shape index (κ1) is 14.3. The molecule has 0 fully saturated rings. The van der Waals surface area contributed by atoms with E-state index in [1.807, 2.05) is 30.3 Å². The first-order chi connectivity index (χ1) is 10.2. The molecule has 0 amide bonds. The molecule has 2 aromatic rings. The second-order valence-electron chi connectivity index (χ2n) is 4.22. The third-order valence-electron chi connectivity index (χ3n) is 2.80. The third-order valence-corrected chi connectivity index (χ3v) is 2.80. The van der Waals surface area contributed by atoms with E-state index in [4.69, 9.17) is 15.3 Å². The van der Waals surface area contributed by atoms with Crippen molar-refractivity contribution in [1.82, 2.24) is 0 Å². The van der Waals surface area contributed by atoms with Crippen molar-refractivity contribution in [2.45, 2.75) is 6.61 Å². The summed E-state index contributed by atoms with van der Waals surface area (Å²) in [4.78, 5) is 0. The molecule has 0 spiro atoms. The van der Waals surface area contributed by atoms with Gasteiger partial charge in [-0.3, -0.25) is 0 Å². The molecular formula is C17H11FN2O. The third kappa shape index (κ3) is 3.92. The Bertz CT molecular complexity index is 721. The van der Waals surface area contributed by atoms with E-state index in [2.05, 4.69) is 0 Å². The van der Waals surface area contributed by atoms with E-state index >= 15 is 0 Å². The lowest BCUT2D eigenvalue weighted by Crippen LogP contribution is -1.98. The van der Waals surface area contributed by atoms with Crippen LogP contribution in [0, 0.1) is 28.5 Å². The number of allylic oxidation sites excluding steroid dienone is 1. The lowest BCUT2D eigenvalue weighted by Gasteiger charge is -2.08. The topological polar surface area (TPSA) is 56.8 Å². The van der Waals surface area contributed by atoms with Crippen LogP contribution in [0.1, 0.15) is 11.1 Å². The van der Waals surface area contributed by atoms with Crippen molar-refractivity contribution in [3.05, 3.63) is 71.0 Å². The van der Waals surface area contributed by atoms with Crippen LogP contribution in [0.5, 0.6) is 5.75 Å². The Morgan fingerprint density at radius 1 is 1.05 bits per heavy atom. The smallest absolute Gasteiger partial charge is 0.130 e. The predicted octanol–water partition coefficient (Wildman–Crippen LogP) is 3.84. The predicted molar refractivity (Wildman–Crippen MR) is 76.4 cm³/mol. The standard InChI is InChI=1S/C17H11FN2O/c18-16-5-7-17(8-6-16)21-12-15-4-2-1-3-14(15)9-13(10-19)11-20/h1-9H,12H2. The summed E-state index contributed by atoms with van der Waals surface area (Å²) in [7, 11) is 0. The summed E-state index contributed by atoms with van der Waals surface area (Å²) in [5, 5.41) is 17.6. The lowest BCUT2D eigenvalue weighted by atomic mass is 10.1. The summed E-state index contributed by atoms with van der Waals surface area (Å²) in [6, 6.07) is 16.7. The molecule has 3 nitrogen and oxygen atoms in total. The van der Waals surface area contributed by atoms with Gasteiger partial charge >= 0.3 is 0 Å². The number of nitriles is 2. The highest BCUT2D eigenvalue weighted by atomic mass is 19.1. The van der Waals surface area contributed by atoms with Gasteiger partial charge in [-0.25, -0.2) is 4.39 Å². The summed E-state index contributed by atoms with van der Waals surface area (Å²) in [6.45, 7) is 0.266. The highest BCUT2D eigenvalue weighted by Crippen LogP contribution is 2.17. The summed E-state index contributed by atoms with van der Waals surface area (Å²) >= 11 is 0. The van der Waals surface area contributed by atoms with Gasteiger partial charge in [0.25, 0.3) is 0 Å². The lowest BCUT2D eigenvalue weighted by molar-refractivity contribution is 0.305. The molecular weight excluding hydrogens is 267 g/mol. The maximum atomic E-state index is 12.8. The quantitative estimate of drug-likeness (QED) is 0.798. The Balaban J connectivity index is 2.18. The Morgan fingerprint density at radius 2 is 1.71 bits per heavy atom. The molecule has 2 rings (SSSR count). The molecule has 102 valence electrons. The number of hydrogen-bond acceptors (Lipinski definition) is 3. The summed E-state index contributed by atoms with van der Waals surface area (Å²) < 4.78 is 18.4. The molecule has 21 heavy (non-hydrogen) atoms. The van der Waals surface area contributed by atoms with Crippen LogP contribution in [0.4, 0.5) is 4.39 Å². The van der Waals surface area contributed by atoms with E-state index in [9.17, 15) is 4.39 Å². The monoisotopic (exact) mass is 278 g/mol. The van der Waals surface area contributed by atoms with Gasteiger partial charge in [-0.05, 0) is 41.5 Å². The zero-order chi connectivity index (χ0) is 15.1. The number of halogens is 1. The Kier molecular flexibility index (Phi) is 4.69. The van der Waals surface area contributed by atoms with Crippen molar-refractivity contribution >= 4 is 6.08 Å². The molecule has 0 aliphatic carbocycles. The molecule has 0 aromatic heterocycles. The van der Waals surface area contributed by atoms with Gasteiger partial charge in [-0.15, -0.1) is 0 Å². The van der Waals surface area contributed by atoms with Crippen LogP contribution in [0.3, 0.4) is 0 Å². The van der Waals surface area contributed by atoms with E-state index in [0.717, 1.165) is 11.1 Å². The van der Waals surface area contributed by atoms with Crippen molar-refractivity contribution in [3.8, 4) is 17.9 Å². The summed E-state index contributed by atoms with van der Waals surface area (Å²) in [5.74, 6) is 0.231. The molecule has 4 heteroatoms. The number of ether oxygens (including phenoxy) is 1. The Hall–Kier alpha value is -3.11. The SMILES string of the molecule is N#CC(C#N)=Cc1ccccc1COc1ccc(F)cc1. The van der Waals surface area contributed by atoms with Crippen molar-refractivity contribution in [2.24, 2.45) is 0 Å². The van der Waals surface area contributed by atoms with E-state index in [1.54, 1.807) is 18.2 Å². The summed E-state index contributed by atoms with van der Waals surface area (Å²) in [5.41, 5.74) is 1.62. The van der Waals surface area contributed by atoms with E-state index in [0.29, 0.717) is 5.75 Å². The van der Waals surface area contributed by atoms with Crippen LogP contribution in [-0.2, 0) is 6.61 Å². The second-order valence-corrected chi connectivity index (χ2v) is 4.22. The minimum atomic E-state index is -0.321. The van der Waals surface area contributed by atoms with Crippen LogP contribution in [-0.4, -0.2) is 0 Å². The fourth-order valence-electron chi connectivity index (χ4n) is 1.74. The zero-order valence-electron chi connectivity index (χ0n) is 11.1. The minimum absolute atomic E-state index is 0.0317. The van der Waals surface area contributed by atoms with Crippen LogP contribution in [0.15, 0.2) is 54.1 Å². The number of benzene rings is 2. The molecule has 0 saturated carbocycles. The molecule has 0 aliphatic heterocycles. The fourth-order valence-corrected chi connectivity index (χ4v) is 1.74. The highest BCUT2D eigenvalue weighted by molar-refractivity contribution is 5.64. The average molecular weight is 278 g/mol. The number of nitrogens with zero attached hydrogens (tertiary/aromatic N) is 2. The molecule has 0 aliphatic rings. The maximum absolute atomic E-state index is 12.8. The fraction of sp³-hybridized carbons (Fsp3) is 0.0588. The highest BCUT2D eigenvalue weighted by Gasteiger charge is 2.03. The molecule has 2 aromatic carbocycles. The summed E-state index contributed by atoms with van der Waals surface area (Å²) in [6.07, 6.45) is 1.52. The zero-order valence-corrected chi connectivity index (χ0v) is 11.1. The Morgan fingerprint density at radius 3 is 2.38 bits per heavy atom. The molecule has 0 saturated heterocycles. The minimum Gasteiger partial charge on any atom is -0.489 e. The second kappa shape index (κ2) is 6.88. The van der Waals surface area contributed by atoms with Gasteiger partial charge in [0.2, 0.25) is 0 Å². The average Bonchev–Trinajstić information content (AvgIpc) is 2.53.